The molecule has 5 nitrogen and oxygen atoms in total. The van der Waals surface area contributed by atoms with Gasteiger partial charge in [0.1, 0.15) is 5.75 Å². The van der Waals surface area contributed by atoms with E-state index in [1.807, 2.05) is 45.9 Å². The number of hydrogen-bond donors (Lipinski definition) is 2. The molecule has 0 saturated heterocycles. The van der Waals surface area contributed by atoms with Crippen molar-refractivity contribution in [1.29, 1.82) is 0 Å². The van der Waals surface area contributed by atoms with Gasteiger partial charge in [0, 0.05) is 12.1 Å². The number of aryl methyl sites for hydroxylation is 4. The summed E-state index contributed by atoms with van der Waals surface area (Å²) in [5.74, 6) is 0.441. The van der Waals surface area contributed by atoms with E-state index in [2.05, 4.69) is 23.6 Å². The maximum Gasteiger partial charge on any atom is 0.251 e. The van der Waals surface area contributed by atoms with Crippen LogP contribution >= 0.6 is 0 Å². The second-order valence-electron chi connectivity index (χ2n) is 7.24. The van der Waals surface area contributed by atoms with Crippen LogP contribution in [-0.4, -0.2) is 31.5 Å². The highest BCUT2D eigenvalue weighted by atomic mass is 16.5. The minimum Gasteiger partial charge on any atom is -0.493 e. The molecule has 2 rings (SSSR count). The lowest BCUT2D eigenvalue weighted by Crippen LogP contribution is -2.37. The molecule has 2 N–H and O–H groups in total. The standard InChI is InChI=1S/C23H30N2O3/c1-15-11-18(4)19(5)21(12-15)28-10-6-9-24-22(26)14-25-23(27)20-8-7-16(2)17(3)13-20/h7-8,11-13H,6,9-10,14H2,1-5H3,(H,24,26)(H,25,27). The predicted molar refractivity (Wildman–Crippen MR) is 112 cm³/mol. The second-order valence-corrected chi connectivity index (χ2v) is 7.24. The lowest BCUT2D eigenvalue weighted by atomic mass is 10.1. The van der Waals surface area contributed by atoms with Gasteiger partial charge in [0.25, 0.3) is 5.91 Å². The van der Waals surface area contributed by atoms with Crippen molar-refractivity contribution in [1.82, 2.24) is 10.6 Å². The zero-order chi connectivity index (χ0) is 20.7. The Labute approximate surface area is 167 Å². The molecule has 0 saturated carbocycles. The number of carbonyl (C=O) groups is 2. The van der Waals surface area contributed by atoms with E-state index in [-0.39, 0.29) is 18.4 Å². The van der Waals surface area contributed by atoms with Crippen molar-refractivity contribution >= 4 is 11.8 Å². The molecule has 5 heteroatoms. The van der Waals surface area contributed by atoms with Crippen LogP contribution in [0.2, 0.25) is 0 Å². The SMILES string of the molecule is Cc1cc(C)c(C)c(OCCCNC(=O)CNC(=O)c2ccc(C)c(C)c2)c1. The Morgan fingerprint density at radius 3 is 2.36 bits per heavy atom. The first-order chi connectivity index (χ1) is 13.3. The van der Waals surface area contributed by atoms with E-state index >= 15 is 0 Å². The molecule has 0 unspecified atom stereocenters. The van der Waals surface area contributed by atoms with E-state index in [1.54, 1.807) is 6.07 Å². The smallest absolute Gasteiger partial charge is 0.251 e. The number of rotatable bonds is 8. The first-order valence-electron chi connectivity index (χ1n) is 9.60. The molecule has 0 heterocycles. The first-order valence-corrected chi connectivity index (χ1v) is 9.60. The average molecular weight is 383 g/mol. The molecule has 0 bridgehead atoms. The molecule has 0 aromatic heterocycles. The van der Waals surface area contributed by atoms with Gasteiger partial charge in [-0.2, -0.15) is 0 Å². The largest absolute Gasteiger partial charge is 0.493 e. The Balaban J connectivity index is 1.67. The second kappa shape index (κ2) is 9.93. The quantitative estimate of drug-likeness (QED) is 0.686. The fraction of sp³-hybridized carbons (Fsp3) is 0.391. The maximum absolute atomic E-state index is 12.1. The van der Waals surface area contributed by atoms with Crippen LogP contribution in [0, 0.1) is 34.6 Å². The molecule has 0 aliphatic heterocycles. The molecule has 0 atom stereocenters. The first kappa shape index (κ1) is 21.5. The fourth-order valence-electron chi connectivity index (χ4n) is 2.84. The highest BCUT2D eigenvalue weighted by molar-refractivity contribution is 5.96. The Morgan fingerprint density at radius 2 is 1.64 bits per heavy atom. The van der Waals surface area contributed by atoms with Crippen molar-refractivity contribution < 1.29 is 14.3 Å². The van der Waals surface area contributed by atoms with E-state index in [1.165, 1.54) is 11.1 Å². The minimum atomic E-state index is -0.244. The molecular weight excluding hydrogens is 352 g/mol. The highest BCUT2D eigenvalue weighted by Gasteiger charge is 2.09. The molecule has 0 aliphatic rings. The number of ether oxygens (including phenoxy) is 1. The monoisotopic (exact) mass is 382 g/mol. The van der Waals surface area contributed by atoms with Gasteiger partial charge in [-0.05, 0) is 87.1 Å². The van der Waals surface area contributed by atoms with Crippen LogP contribution in [0.25, 0.3) is 0 Å². The van der Waals surface area contributed by atoms with Gasteiger partial charge in [-0.15, -0.1) is 0 Å². The van der Waals surface area contributed by atoms with E-state index in [4.69, 9.17) is 4.74 Å². The van der Waals surface area contributed by atoms with Crippen LogP contribution in [-0.2, 0) is 4.79 Å². The summed E-state index contributed by atoms with van der Waals surface area (Å²) in [6.45, 7) is 11.1. The van der Waals surface area contributed by atoms with Gasteiger partial charge < -0.3 is 15.4 Å². The lowest BCUT2D eigenvalue weighted by molar-refractivity contribution is -0.120. The molecule has 2 amide bonds. The molecule has 0 spiro atoms. The van der Waals surface area contributed by atoms with Crippen molar-refractivity contribution in [3.8, 4) is 5.75 Å². The summed E-state index contributed by atoms with van der Waals surface area (Å²) in [6, 6.07) is 9.66. The normalized spacial score (nSPS) is 10.5. The van der Waals surface area contributed by atoms with Gasteiger partial charge in [0.15, 0.2) is 0 Å². The summed E-state index contributed by atoms with van der Waals surface area (Å²) in [6.07, 6.45) is 0.698. The van der Waals surface area contributed by atoms with Gasteiger partial charge in [-0.25, -0.2) is 0 Å². The molecule has 0 aliphatic carbocycles. The van der Waals surface area contributed by atoms with Crippen molar-refractivity contribution in [2.45, 2.75) is 41.0 Å². The summed E-state index contributed by atoms with van der Waals surface area (Å²) in [7, 11) is 0. The van der Waals surface area contributed by atoms with Crippen molar-refractivity contribution in [3.05, 3.63) is 63.7 Å². The van der Waals surface area contributed by atoms with Crippen LogP contribution in [0.4, 0.5) is 0 Å². The van der Waals surface area contributed by atoms with Crippen LogP contribution in [0.3, 0.4) is 0 Å². The number of benzene rings is 2. The van der Waals surface area contributed by atoms with Crippen molar-refractivity contribution in [2.24, 2.45) is 0 Å². The third-order valence-electron chi connectivity index (χ3n) is 4.84. The number of nitrogens with one attached hydrogen (secondary N) is 2. The number of amides is 2. The topological polar surface area (TPSA) is 67.4 Å². The van der Waals surface area contributed by atoms with Crippen molar-refractivity contribution in [2.75, 3.05) is 19.7 Å². The van der Waals surface area contributed by atoms with E-state index in [0.29, 0.717) is 25.1 Å². The Bertz CT molecular complexity index is 859. The van der Waals surface area contributed by atoms with E-state index < -0.39 is 0 Å². The van der Waals surface area contributed by atoms with Crippen LogP contribution in [0.15, 0.2) is 30.3 Å². The van der Waals surface area contributed by atoms with Gasteiger partial charge in [0.05, 0.1) is 13.2 Å². The predicted octanol–water partition coefficient (Wildman–Crippen LogP) is 3.54. The van der Waals surface area contributed by atoms with E-state index in [9.17, 15) is 9.59 Å². The summed E-state index contributed by atoms with van der Waals surface area (Å²) in [4.78, 5) is 24.0. The zero-order valence-electron chi connectivity index (χ0n) is 17.4. The van der Waals surface area contributed by atoms with Gasteiger partial charge in [0.2, 0.25) is 5.91 Å². The summed E-state index contributed by atoms with van der Waals surface area (Å²) >= 11 is 0. The number of carbonyl (C=O) groups excluding carboxylic acids is 2. The van der Waals surface area contributed by atoms with Crippen molar-refractivity contribution in [3.63, 3.8) is 0 Å². The molecule has 2 aromatic rings. The summed E-state index contributed by atoms with van der Waals surface area (Å²) in [5.41, 5.74) is 6.27. The zero-order valence-corrected chi connectivity index (χ0v) is 17.4. The molecule has 0 radical (unpaired) electrons. The maximum atomic E-state index is 12.1. The molecular formula is C23H30N2O3. The van der Waals surface area contributed by atoms with Gasteiger partial charge in [-0.3, -0.25) is 9.59 Å². The molecule has 0 fully saturated rings. The van der Waals surface area contributed by atoms with E-state index in [0.717, 1.165) is 22.4 Å². The molecule has 28 heavy (non-hydrogen) atoms. The van der Waals surface area contributed by atoms with Crippen LogP contribution in [0.5, 0.6) is 5.75 Å². The highest BCUT2D eigenvalue weighted by Crippen LogP contribution is 2.23. The Morgan fingerprint density at radius 1 is 0.893 bits per heavy atom. The molecule has 2 aromatic carbocycles. The Kier molecular flexibility index (Phi) is 7.61. The Hall–Kier alpha value is -2.82. The minimum absolute atomic E-state index is 0.0389. The third-order valence-corrected chi connectivity index (χ3v) is 4.84. The fourth-order valence-corrected chi connectivity index (χ4v) is 2.84. The van der Waals surface area contributed by atoms with Gasteiger partial charge in [-0.1, -0.05) is 12.1 Å². The summed E-state index contributed by atoms with van der Waals surface area (Å²) < 4.78 is 5.84. The number of hydrogen-bond acceptors (Lipinski definition) is 3. The summed E-state index contributed by atoms with van der Waals surface area (Å²) in [5, 5.41) is 5.45. The van der Waals surface area contributed by atoms with Gasteiger partial charge >= 0.3 is 0 Å². The molecule has 150 valence electrons. The third kappa shape index (κ3) is 6.12. The average Bonchev–Trinajstić information content (AvgIpc) is 2.65. The van der Waals surface area contributed by atoms with Crippen LogP contribution < -0.4 is 15.4 Å². The van der Waals surface area contributed by atoms with Crippen LogP contribution in [0.1, 0.15) is 44.6 Å². The lowest BCUT2D eigenvalue weighted by Gasteiger charge is -2.12.